The highest BCUT2D eigenvalue weighted by molar-refractivity contribution is 5.82. The van der Waals surface area contributed by atoms with Crippen LogP contribution in [0.25, 0.3) is 11.1 Å². The van der Waals surface area contributed by atoms with Gasteiger partial charge in [-0.15, -0.1) is 0 Å². The highest BCUT2D eigenvalue weighted by atomic mass is 16.3. The van der Waals surface area contributed by atoms with Crippen LogP contribution < -0.4 is 0 Å². The summed E-state index contributed by atoms with van der Waals surface area (Å²) < 4.78 is 0. The average Bonchev–Trinajstić information content (AvgIpc) is 2.28. The molecule has 0 aliphatic rings. The van der Waals surface area contributed by atoms with Gasteiger partial charge in [-0.1, -0.05) is 35.4 Å². The van der Waals surface area contributed by atoms with E-state index in [1.165, 1.54) is 11.1 Å². The fraction of sp³-hybridized carbons (Fsp3) is 0.133. The minimum atomic E-state index is 0.0214. The van der Waals surface area contributed by atoms with Crippen LogP contribution in [0, 0.1) is 13.8 Å². The van der Waals surface area contributed by atoms with Crippen molar-refractivity contribution in [3.8, 4) is 16.9 Å². The van der Waals surface area contributed by atoms with E-state index in [-0.39, 0.29) is 5.75 Å². The Morgan fingerprint density at radius 3 is 2.18 bits per heavy atom. The number of phenolic OH excluding ortho intramolecular Hbond substituents is 1. The second-order valence-corrected chi connectivity index (χ2v) is 4.27. The van der Waals surface area contributed by atoms with Gasteiger partial charge in [0.25, 0.3) is 0 Å². The topological polar surface area (TPSA) is 37.3 Å². The molecule has 0 saturated heterocycles. The minimum absolute atomic E-state index is 0.0214. The van der Waals surface area contributed by atoms with Gasteiger partial charge in [-0.2, -0.15) is 0 Å². The molecule has 2 heteroatoms. The molecule has 0 aliphatic carbocycles. The summed E-state index contributed by atoms with van der Waals surface area (Å²) in [5.41, 5.74) is 4.69. The number of aromatic hydroxyl groups is 1. The standard InChI is InChI=1S/C15H14O2/c1-10-5-11(2)7-13(6-10)12-3-4-15(17)14(8-12)9-16/h3-9,17H,1-2H3. The van der Waals surface area contributed by atoms with E-state index in [2.05, 4.69) is 18.2 Å². The van der Waals surface area contributed by atoms with Crippen molar-refractivity contribution >= 4 is 6.29 Å². The zero-order chi connectivity index (χ0) is 12.4. The third-order valence-corrected chi connectivity index (χ3v) is 2.71. The van der Waals surface area contributed by atoms with Gasteiger partial charge in [-0.3, -0.25) is 4.79 Å². The first-order valence-corrected chi connectivity index (χ1v) is 5.47. The second-order valence-electron chi connectivity index (χ2n) is 4.27. The van der Waals surface area contributed by atoms with Crippen molar-refractivity contribution in [2.75, 3.05) is 0 Å². The molecule has 0 aliphatic heterocycles. The Hall–Kier alpha value is -2.09. The van der Waals surface area contributed by atoms with Crippen molar-refractivity contribution in [1.82, 2.24) is 0 Å². The minimum Gasteiger partial charge on any atom is -0.507 e. The predicted molar refractivity (Wildman–Crippen MR) is 68.4 cm³/mol. The predicted octanol–water partition coefficient (Wildman–Crippen LogP) is 3.49. The number of hydrogen-bond donors (Lipinski definition) is 1. The molecule has 0 amide bonds. The molecule has 0 heterocycles. The number of aryl methyl sites for hydroxylation is 2. The number of carbonyl (C=O) groups is 1. The van der Waals surface area contributed by atoms with Gasteiger partial charge in [0.2, 0.25) is 0 Å². The summed E-state index contributed by atoms with van der Waals surface area (Å²) in [5, 5.41) is 9.46. The van der Waals surface area contributed by atoms with Gasteiger partial charge in [0.1, 0.15) is 5.75 Å². The monoisotopic (exact) mass is 226 g/mol. The first-order chi connectivity index (χ1) is 8.10. The number of carbonyl (C=O) groups excluding carboxylic acids is 1. The number of benzene rings is 2. The molecular formula is C15H14O2. The average molecular weight is 226 g/mol. The lowest BCUT2D eigenvalue weighted by Crippen LogP contribution is -1.86. The first-order valence-electron chi connectivity index (χ1n) is 5.47. The molecule has 2 aromatic rings. The molecular weight excluding hydrogens is 212 g/mol. The Balaban J connectivity index is 2.56. The Morgan fingerprint density at radius 1 is 0.941 bits per heavy atom. The van der Waals surface area contributed by atoms with E-state index in [1.807, 2.05) is 19.9 Å². The molecule has 0 fully saturated rings. The molecule has 2 aromatic carbocycles. The quantitative estimate of drug-likeness (QED) is 0.796. The number of phenols is 1. The van der Waals surface area contributed by atoms with Crippen LogP contribution in [0.3, 0.4) is 0 Å². The summed E-state index contributed by atoms with van der Waals surface area (Å²) in [6.07, 6.45) is 0.668. The Bertz CT molecular complexity index is 551. The van der Waals surface area contributed by atoms with Crippen molar-refractivity contribution in [1.29, 1.82) is 0 Å². The third-order valence-electron chi connectivity index (χ3n) is 2.71. The van der Waals surface area contributed by atoms with Crippen LogP contribution in [0.4, 0.5) is 0 Å². The Labute approximate surface area is 101 Å². The Kier molecular flexibility index (Phi) is 2.96. The van der Waals surface area contributed by atoms with E-state index in [0.29, 0.717) is 11.8 Å². The molecule has 0 aromatic heterocycles. The fourth-order valence-electron chi connectivity index (χ4n) is 1.97. The third kappa shape index (κ3) is 2.36. The summed E-state index contributed by atoms with van der Waals surface area (Å²) in [6, 6.07) is 11.3. The van der Waals surface area contributed by atoms with Crippen molar-refractivity contribution in [3.63, 3.8) is 0 Å². The molecule has 86 valence electrons. The van der Waals surface area contributed by atoms with Crippen LogP contribution in [0.2, 0.25) is 0 Å². The normalized spacial score (nSPS) is 10.2. The molecule has 0 bridgehead atoms. The molecule has 17 heavy (non-hydrogen) atoms. The van der Waals surface area contributed by atoms with Crippen LogP contribution >= 0.6 is 0 Å². The lowest BCUT2D eigenvalue weighted by molar-refractivity contribution is 0.112. The van der Waals surface area contributed by atoms with Gasteiger partial charge in [0.05, 0.1) is 5.56 Å². The molecule has 0 unspecified atom stereocenters. The summed E-state index contributed by atoms with van der Waals surface area (Å²) in [6.45, 7) is 4.08. The van der Waals surface area contributed by atoms with E-state index in [9.17, 15) is 9.90 Å². The van der Waals surface area contributed by atoms with Crippen LogP contribution in [0.1, 0.15) is 21.5 Å². The number of hydrogen-bond acceptors (Lipinski definition) is 2. The molecule has 0 radical (unpaired) electrons. The summed E-state index contributed by atoms with van der Waals surface area (Å²) in [4.78, 5) is 10.8. The van der Waals surface area contributed by atoms with Gasteiger partial charge in [0.15, 0.2) is 6.29 Å². The number of rotatable bonds is 2. The van der Waals surface area contributed by atoms with Gasteiger partial charge in [-0.25, -0.2) is 0 Å². The molecule has 0 atom stereocenters. The van der Waals surface area contributed by atoms with Gasteiger partial charge in [-0.05, 0) is 37.1 Å². The van der Waals surface area contributed by atoms with Crippen molar-refractivity contribution in [2.45, 2.75) is 13.8 Å². The summed E-state index contributed by atoms with van der Waals surface area (Å²) >= 11 is 0. The van der Waals surface area contributed by atoms with Crippen molar-refractivity contribution in [3.05, 3.63) is 53.1 Å². The van der Waals surface area contributed by atoms with Gasteiger partial charge in [0, 0.05) is 0 Å². The molecule has 0 spiro atoms. The smallest absolute Gasteiger partial charge is 0.153 e. The van der Waals surface area contributed by atoms with Crippen molar-refractivity contribution in [2.24, 2.45) is 0 Å². The van der Waals surface area contributed by atoms with E-state index in [1.54, 1.807) is 12.1 Å². The highest BCUT2D eigenvalue weighted by Gasteiger charge is 2.04. The van der Waals surface area contributed by atoms with Crippen LogP contribution in [-0.2, 0) is 0 Å². The van der Waals surface area contributed by atoms with Crippen LogP contribution in [0.5, 0.6) is 5.75 Å². The summed E-state index contributed by atoms with van der Waals surface area (Å²) in [7, 11) is 0. The Morgan fingerprint density at radius 2 is 1.59 bits per heavy atom. The zero-order valence-corrected chi connectivity index (χ0v) is 9.90. The molecule has 1 N–H and O–H groups in total. The number of aldehydes is 1. The maximum absolute atomic E-state index is 10.8. The van der Waals surface area contributed by atoms with Gasteiger partial charge < -0.3 is 5.11 Å². The van der Waals surface area contributed by atoms with Gasteiger partial charge >= 0.3 is 0 Å². The molecule has 2 rings (SSSR count). The lowest BCUT2D eigenvalue weighted by Gasteiger charge is -2.06. The summed E-state index contributed by atoms with van der Waals surface area (Å²) in [5.74, 6) is 0.0214. The zero-order valence-electron chi connectivity index (χ0n) is 9.90. The maximum atomic E-state index is 10.8. The largest absolute Gasteiger partial charge is 0.507 e. The first kappa shape index (κ1) is 11.4. The van der Waals surface area contributed by atoms with E-state index < -0.39 is 0 Å². The highest BCUT2D eigenvalue weighted by Crippen LogP contribution is 2.26. The maximum Gasteiger partial charge on any atom is 0.153 e. The molecule has 2 nitrogen and oxygen atoms in total. The second kappa shape index (κ2) is 4.42. The molecule has 0 saturated carbocycles. The lowest BCUT2D eigenvalue weighted by atomic mass is 9.99. The van der Waals surface area contributed by atoms with Crippen molar-refractivity contribution < 1.29 is 9.90 Å². The van der Waals surface area contributed by atoms with Crippen LogP contribution in [-0.4, -0.2) is 11.4 Å². The van der Waals surface area contributed by atoms with E-state index in [0.717, 1.165) is 11.1 Å². The van der Waals surface area contributed by atoms with E-state index in [4.69, 9.17) is 0 Å². The van der Waals surface area contributed by atoms with E-state index >= 15 is 0 Å². The SMILES string of the molecule is Cc1cc(C)cc(-c2ccc(O)c(C=O)c2)c1. The van der Waals surface area contributed by atoms with Crippen LogP contribution in [0.15, 0.2) is 36.4 Å². The fourth-order valence-corrected chi connectivity index (χ4v) is 1.97.